The number of halogens is 1. The molecular formula is C9H11ClN4O. The van der Waals surface area contributed by atoms with Crippen LogP contribution in [0, 0.1) is 0 Å². The second-order valence-corrected chi connectivity index (χ2v) is 4.36. The van der Waals surface area contributed by atoms with Crippen LogP contribution < -0.4 is 10.2 Å². The van der Waals surface area contributed by atoms with Gasteiger partial charge >= 0.3 is 0 Å². The Bertz CT molecular complexity index is 400. The highest BCUT2D eigenvalue weighted by Gasteiger charge is 2.35. The molecule has 2 aliphatic rings. The quantitative estimate of drug-likeness (QED) is 0.675. The number of hydrogen-bond acceptors (Lipinski definition) is 5. The minimum Gasteiger partial charge on any atom is -0.391 e. The summed E-state index contributed by atoms with van der Waals surface area (Å²) in [4.78, 5) is 2.15. The molecule has 2 unspecified atom stereocenters. The van der Waals surface area contributed by atoms with Crippen LogP contribution in [-0.4, -0.2) is 40.5 Å². The van der Waals surface area contributed by atoms with Crippen molar-refractivity contribution in [3.63, 3.8) is 0 Å². The average molecular weight is 227 g/mol. The molecule has 0 bridgehead atoms. The minimum atomic E-state index is -0.255. The standard InChI is InChI=1S/C9H11ClN4O/c10-8-2-7-9(13-12-8)11-3-5-1-6(15)4-14(5)7/h2,5-6,15H,1,3-4H2,(H,11,13). The van der Waals surface area contributed by atoms with Crippen molar-refractivity contribution in [2.75, 3.05) is 23.3 Å². The second-order valence-electron chi connectivity index (χ2n) is 3.98. The fourth-order valence-corrected chi connectivity index (χ4v) is 2.44. The summed E-state index contributed by atoms with van der Waals surface area (Å²) in [6.45, 7) is 1.46. The molecule has 15 heavy (non-hydrogen) atoms. The van der Waals surface area contributed by atoms with E-state index in [0.717, 1.165) is 24.5 Å². The molecule has 2 N–H and O–H groups in total. The number of hydrogen-bond donors (Lipinski definition) is 2. The number of aliphatic hydroxyl groups is 1. The normalized spacial score (nSPS) is 28.3. The molecule has 0 aliphatic carbocycles. The summed E-state index contributed by atoms with van der Waals surface area (Å²) in [5.74, 6) is 0.754. The van der Waals surface area contributed by atoms with Gasteiger partial charge in [-0.3, -0.25) is 0 Å². The van der Waals surface area contributed by atoms with E-state index >= 15 is 0 Å². The van der Waals surface area contributed by atoms with Crippen molar-refractivity contribution in [1.82, 2.24) is 10.2 Å². The molecule has 2 atom stereocenters. The van der Waals surface area contributed by atoms with Gasteiger partial charge in [-0.2, -0.15) is 0 Å². The summed E-state index contributed by atoms with van der Waals surface area (Å²) in [7, 11) is 0. The molecule has 3 rings (SSSR count). The lowest BCUT2D eigenvalue weighted by Gasteiger charge is -2.32. The second kappa shape index (κ2) is 3.21. The maximum absolute atomic E-state index is 9.62. The molecule has 0 spiro atoms. The van der Waals surface area contributed by atoms with Gasteiger partial charge in [0.15, 0.2) is 11.0 Å². The zero-order valence-electron chi connectivity index (χ0n) is 8.02. The maximum Gasteiger partial charge on any atom is 0.172 e. The van der Waals surface area contributed by atoms with Crippen molar-refractivity contribution in [3.8, 4) is 0 Å². The van der Waals surface area contributed by atoms with Crippen molar-refractivity contribution in [2.24, 2.45) is 0 Å². The van der Waals surface area contributed by atoms with E-state index in [-0.39, 0.29) is 6.10 Å². The van der Waals surface area contributed by atoms with Gasteiger partial charge < -0.3 is 15.3 Å². The Morgan fingerprint density at radius 1 is 1.53 bits per heavy atom. The zero-order chi connectivity index (χ0) is 10.4. The van der Waals surface area contributed by atoms with Gasteiger partial charge in [0.05, 0.1) is 11.8 Å². The van der Waals surface area contributed by atoms with Crippen LogP contribution in [0.4, 0.5) is 11.5 Å². The van der Waals surface area contributed by atoms with E-state index in [0.29, 0.717) is 17.7 Å². The van der Waals surface area contributed by atoms with E-state index < -0.39 is 0 Å². The van der Waals surface area contributed by atoms with E-state index in [1.807, 2.05) is 0 Å². The average Bonchev–Trinajstić information content (AvgIpc) is 2.58. The topological polar surface area (TPSA) is 61.3 Å². The SMILES string of the molecule is OC1CC2CNc3nnc(Cl)cc3N2C1. The largest absolute Gasteiger partial charge is 0.391 e. The fraction of sp³-hybridized carbons (Fsp3) is 0.556. The molecule has 1 saturated heterocycles. The van der Waals surface area contributed by atoms with Gasteiger partial charge in [-0.25, -0.2) is 0 Å². The molecule has 3 heterocycles. The Balaban J connectivity index is 2.03. The van der Waals surface area contributed by atoms with Gasteiger partial charge in [0.25, 0.3) is 0 Å². The number of aliphatic hydroxyl groups excluding tert-OH is 1. The van der Waals surface area contributed by atoms with Crippen molar-refractivity contribution < 1.29 is 5.11 Å². The third-order valence-electron chi connectivity index (χ3n) is 2.95. The lowest BCUT2D eigenvalue weighted by Crippen LogP contribution is -2.39. The number of fused-ring (bicyclic) bond motifs is 3. The van der Waals surface area contributed by atoms with Gasteiger partial charge in [-0.15, -0.1) is 10.2 Å². The third kappa shape index (κ3) is 1.42. The minimum absolute atomic E-state index is 0.255. The van der Waals surface area contributed by atoms with Crippen LogP contribution in [0.2, 0.25) is 5.15 Å². The smallest absolute Gasteiger partial charge is 0.172 e. The van der Waals surface area contributed by atoms with Crippen LogP contribution >= 0.6 is 11.6 Å². The molecule has 80 valence electrons. The van der Waals surface area contributed by atoms with Crippen molar-refractivity contribution >= 4 is 23.1 Å². The molecule has 1 aromatic heterocycles. The Morgan fingerprint density at radius 3 is 3.27 bits per heavy atom. The summed E-state index contributed by atoms with van der Waals surface area (Å²) in [6.07, 6.45) is 0.543. The first kappa shape index (κ1) is 9.18. The highest BCUT2D eigenvalue weighted by atomic mass is 35.5. The zero-order valence-corrected chi connectivity index (χ0v) is 8.78. The first-order valence-electron chi connectivity index (χ1n) is 4.96. The summed E-state index contributed by atoms with van der Waals surface area (Å²) in [6, 6.07) is 2.13. The Hall–Kier alpha value is -1.07. The number of aromatic nitrogens is 2. The van der Waals surface area contributed by atoms with Gasteiger partial charge in [0.1, 0.15) is 0 Å². The lowest BCUT2D eigenvalue weighted by atomic mass is 10.1. The molecule has 1 aromatic rings. The predicted octanol–water partition coefficient (Wildman–Crippen LogP) is 0.495. The van der Waals surface area contributed by atoms with Gasteiger partial charge in [-0.05, 0) is 6.42 Å². The van der Waals surface area contributed by atoms with Crippen molar-refractivity contribution in [2.45, 2.75) is 18.6 Å². The van der Waals surface area contributed by atoms with Crippen LogP contribution in [0.1, 0.15) is 6.42 Å². The van der Waals surface area contributed by atoms with E-state index in [4.69, 9.17) is 11.6 Å². The Kier molecular flexibility index (Phi) is 1.97. The van der Waals surface area contributed by atoms with Crippen molar-refractivity contribution in [1.29, 1.82) is 0 Å². The molecule has 0 saturated carbocycles. The van der Waals surface area contributed by atoms with E-state index in [1.165, 1.54) is 0 Å². The maximum atomic E-state index is 9.62. The molecule has 0 radical (unpaired) electrons. The Labute approximate surface area is 92.1 Å². The first-order valence-corrected chi connectivity index (χ1v) is 5.33. The van der Waals surface area contributed by atoms with E-state index in [2.05, 4.69) is 20.4 Å². The number of nitrogens with one attached hydrogen (secondary N) is 1. The summed E-state index contributed by atoms with van der Waals surface area (Å²) >= 11 is 5.81. The molecule has 1 fully saturated rings. The summed E-state index contributed by atoms with van der Waals surface area (Å²) < 4.78 is 0. The molecule has 6 heteroatoms. The highest BCUT2D eigenvalue weighted by molar-refractivity contribution is 6.29. The highest BCUT2D eigenvalue weighted by Crippen LogP contribution is 2.35. The Morgan fingerprint density at radius 2 is 2.40 bits per heavy atom. The third-order valence-corrected chi connectivity index (χ3v) is 3.14. The van der Waals surface area contributed by atoms with Gasteiger partial charge in [0, 0.05) is 25.2 Å². The van der Waals surface area contributed by atoms with Crippen molar-refractivity contribution in [3.05, 3.63) is 11.2 Å². The van der Waals surface area contributed by atoms with E-state index in [1.54, 1.807) is 6.07 Å². The molecular weight excluding hydrogens is 216 g/mol. The molecule has 5 nitrogen and oxygen atoms in total. The number of anilines is 2. The van der Waals surface area contributed by atoms with Crippen LogP contribution in [-0.2, 0) is 0 Å². The predicted molar refractivity (Wildman–Crippen MR) is 57.3 cm³/mol. The summed E-state index contributed by atoms with van der Waals surface area (Å²) in [5, 5.41) is 21.0. The van der Waals surface area contributed by atoms with Gasteiger partial charge in [-0.1, -0.05) is 11.6 Å². The lowest BCUT2D eigenvalue weighted by molar-refractivity contribution is 0.195. The van der Waals surface area contributed by atoms with Crippen LogP contribution in [0.5, 0.6) is 0 Å². The van der Waals surface area contributed by atoms with E-state index in [9.17, 15) is 5.11 Å². The fourth-order valence-electron chi connectivity index (χ4n) is 2.30. The van der Waals surface area contributed by atoms with Crippen LogP contribution in [0.15, 0.2) is 6.07 Å². The first-order chi connectivity index (χ1) is 7.24. The molecule has 0 aromatic carbocycles. The summed E-state index contributed by atoms with van der Waals surface area (Å²) in [5.41, 5.74) is 0.947. The number of rotatable bonds is 0. The van der Waals surface area contributed by atoms with Crippen LogP contribution in [0.3, 0.4) is 0 Å². The van der Waals surface area contributed by atoms with Crippen LogP contribution in [0.25, 0.3) is 0 Å². The van der Waals surface area contributed by atoms with Gasteiger partial charge in [0.2, 0.25) is 0 Å². The monoisotopic (exact) mass is 226 g/mol. The molecule has 2 aliphatic heterocycles. The molecule has 0 amide bonds. The number of nitrogens with zero attached hydrogens (tertiary/aromatic N) is 3.